The average molecular weight is 324 g/mol. The highest BCUT2D eigenvalue weighted by molar-refractivity contribution is 5.44. The third-order valence-electron chi connectivity index (χ3n) is 4.39. The summed E-state index contributed by atoms with van der Waals surface area (Å²) >= 11 is 0. The third kappa shape index (κ3) is 2.55. The van der Waals surface area contributed by atoms with Crippen molar-refractivity contribution in [3.63, 3.8) is 0 Å². The zero-order chi connectivity index (χ0) is 16.5. The molecule has 8 nitrogen and oxygen atoms in total. The molecule has 0 unspecified atom stereocenters. The van der Waals surface area contributed by atoms with Crippen LogP contribution >= 0.6 is 0 Å². The van der Waals surface area contributed by atoms with Crippen LogP contribution in [0.2, 0.25) is 0 Å². The predicted octanol–water partition coefficient (Wildman–Crippen LogP) is 2.42. The van der Waals surface area contributed by atoms with E-state index in [1.165, 1.54) is 12.3 Å². The molecule has 0 aliphatic carbocycles. The molecule has 0 spiro atoms. The van der Waals surface area contributed by atoms with E-state index in [1.807, 2.05) is 28.8 Å². The summed E-state index contributed by atoms with van der Waals surface area (Å²) in [6.07, 6.45) is 5.35. The number of hydrogen-bond donors (Lipinski definition) is 0. The van der Waals surface area contributed by atoms with Gasteiger partial charge in [0.15, 0.2) is 5.65 Å². The molecule has 4 rings (SSSR count). The molecule has 24 heavy (non-hydrogen) atoms. The van der Waals surface area contributed by atoms with E-state index in [2.05, 4.69) is 20.1 Å². The average Bonchev–Trinajstić information content (AvgIpc) is 3.06. The minimum Gasteiger partial charge on any atom is -0.356 e. The first-order chi connectivity index (χ1) is 11.7. The molecule has 1 atom stereocenters. The lowest BCUT2D eigenvalue weighted by Crippen LogP contribution is -2.35. The number of pyridine rings is 2. The van der Waals surface area contributed by atoms with Gasteiger partial charge in [-0.1, -0.05) is 6.07 Å². The van der Waals surface area contributed by atoms with E-state index in [9.17, 15) is 10.1 Å². The van der Waals surface area contributed by atoms with Crippen molar-refractivity contribution in [1.82, 2.24) is 19.6 Å². The molecule has 0 saturated carbocycles. The Balaban J connectivity index is 1.58. The van der Waals surface area contributed by atoms with Crippen LogP contribution in [0.4, 0.5) is 11.5 Å². The van der Waals surface area contributed by atoms with E-state index in [0.717, 1.165) is 43.2 Å². The largest absolute Gasteiger partial charge is 0.356 e. The van der Waals surface area contributed by atoms with Gasteiger partial charge in [0, 0.05) is 31.3 Å². The van der Waals surface area contributed by atoms with Gasteiger partial charge in [0.2, 0.25) is 0 Å². The molecule has 4 heterocycles. The molecule has 0 bridgehead atoms. The molecule has 0 aromatic carbocycles. The van der Waals surface area contributed by atoms with Crippen molar-refractivity contribution >= 4 is 17.2 Å². The summed E-state index contributed by atoms with van der Waals surface area (Å²) < 4.78 is 2.03. The molecule has 1 fully saturated rings. The fraction of sp³-hybridized carbons (Fsp3) is 0.312. The predicted molar refractivity (Wildman–Crippen MR) is 88.1 cm³/mol. The maximum Gasteiger partial charge on any atom is 0.287 e. The number of fused-ring (bicyclic) bond motifs is 1. The minimum atomic E-state index is -0.432. The molecule has 122 valence electrons. The lowest BCUT2D eigenvalue weighted by Gasteiger charge is -2.32. The van der Waals surface area contributed by atoms with Crippen molar-refractivity contribution in [2.75, 3.05) is 18.0 Å². The standard InChI is InChI=1S/C16H16N6O2/c23-22(24)13-6-7-14(17-10-13)20-8-3-4-12(11-20)16-19-18-15-5-1-2-9-21(15)16/h1-2,5-7,9-10,12H,3-4,8,11H2/t12-/m0/s1. The van der Waals surface area contributed by atoms with Gasteiger partial charge in [0.25, 0.3) is 5.69 Å². The first kappa shape index (κ1) is 14.6. The van der Waals surface area contributed by atoms with Gasteiger partial charge in [-0.2, -0.15) is 0 Å². The highest BCUT2D eigenvalue weighted by Crippen LogP contribution is 2.29. The maximum atomic E-state index is 10.8. The second kappa shape index (κ2) is 5.88. The van der Waals surface area contributed by atoms with Crippen LogP contribution in [0.5, 0.6) is 0 Å². The van der Waals surface area contributed by atoms with Crippen LogP contribution in [-0.2, 0) is 0 Å². The smallest absolute Gasteiger partial charge is 0.287 e. The number of nitro groups is 1. The number of hydrogen-bond acceptors (Lipinski definition) is 6. The van der Waals surface area contributed by atoms with Crippen LogP contribution in [0.25, 0.3) is 5.65 Å². The number of piperidine rings is 1. The van der Waals surface area contributed by atoms with Gasteiger partial charge in [-0.15, -0.1) is 10.2 Å². The summed E-state index contributed by atoms with van der Waals surface area (Å²) in [5.41, 5.74) is 0.855. The molecule has 3 aromatic heterocycles. The number of nitrogens with zero attached hydrogens (tertiary/aromatic N) is 6. The maximum absolute atomic E-state index is 10.8. The Morgan fingerprint density at radius 3 is 2.92 bits per heavy atom. The van der Waals surface area contributed by atoms with E-state index in [4.69, 9.17) is 0 Å². The fourth-order valence-electron chi connectivity index (χ4n) is 3.21. The molecule has 0 N–H and O–H groups in total. The normalized spacial score (nSPS) is 18.0. The first-order valence-electron chi connectivity index (χ1n) is 7.87. The van der Waals surface area contributed by atoms with Crippen LogP contribution in [0.3, 0.4) is 0 Å². The molecular formula is C16H16N6O2. The van der Waals surface area contributed by atoms with Crippen molar-refractivity contribution in [2.45, 2.75) is 18.8 Å². The Kier molecular flexibility index (Phi) is 3.56. The SMILES string of the molecule is O=[N+]([O-])c1ccc(N2CCC[C@H](c3nnc4ccccn34)C2)nc1. The zero-order valence-corrected chi connectivity index (χ0v) is 12.9. The lowest BCUT2D eigenvalue weighted by atomic mass is 9.97. The van der Waals surface area contributed by atoms with E-state index >= 15 is 0 Å². The fourth-order valence-corrected chi connectivity index (χ4v) is 3.21. The lowest BCUT2D eigenvalue weighted by molar-refractivity contribution is -0.385. The van der Waals surface area contributed by atoms with Crippen LogP contribution in [0.15, 0.2) is 42.7 Å². The molecule has 1 saturated heterocycles. The molecule has 3 aromatic rings. The Labute approximate surface area is 137 Å². The highest BCUT2D eigenvalue weighted by Gasteiger charge is 2.26. The second-order valence-corrected chi connectivity index (χ2v) is 5.90. The molecule has 1 aliphatic heterocycles. The van der Waals surface area contributed by atoms with Gasteiger partial charge < -0.3 is 4.90 Å². The number of rotatable bonds is 3. The summed E-state index contributed by atoms with van der Waals surface area (Å²) in [6, 6.07) is 9.07. The second-order valence-electron chi connectivity index (χ2n) is 5.90. The number of aromatic nitrogens is 4. The van der Waals surface area contributed by atoms with Crippen LogP contribution in [-0.4, -0.2) is 37.6 Å². The van der Waals surface area contributed by atoms with Gasteiger partial charge >= 0.3 is 0 Å². The van der Waals surface area contributed by atoms with Crippen molar-refractivity contribution in [3.05, 3.63) is 58.7 Å². The van der Waals surface area contributed by atoms with Crippen LogP contribution < -0.4 is 4.90 Å². The molecule has 1 aliphatic rings. The van der Waals surface area contributed by atoms with Crippen LogP contribution in [0.1, 0.15) is 24.6 Å². The minimum absolute atomic E-state index is 0.00996. The van der Waals surface area contributed by atoms with Crippen LogP contribution in [0, 0.1) is 10.1 Å². The van der Waals surface area contributed by atoms with Gasteiger partial charge in [0.05, 0.1) is 4.92 Å². The van der Waals surface area contributed by atoms with Gasteiger partial charge in [0.1, 0.15) is 17.8 Å². The first-order valence-corrected chi connectivity index (χ1v) is 7.87. The van der Waals surface area contributed by atoms with E-state index < -0.39 is 4.92 Å². The highest BCUT2D eigenvalue weighted by atomic mass is 16.6. The van der Waals surface area contributed by atoms with E-state index in [0.29, 0.717) is 0 Å². The molecule has 8 heteroatoms. The zero-order valence-electron chi connectivity index (χ0n) is 12.9. The van der Waals surface area contributed by atoms with Crippen molar-refractivity contribution < 1.29 is 4.92 Å². The topological polar surface area (TPSA) is 89.5 Å². The van der Waals surface area contributed by atoms with E-state index in [-0.39, 0.29) is 11.6 Å². The Hall–Kier alpha value is -3.03. The summed E-state index contributed by atoms with van der Waals surface area (Å²) in [4.78, 5) is 16.7. The van der Waals surface area contributed by atoms with Gasteiger partial charge in [-0.25, -0.2) is 4.98 Å². The van der Waals surface area contributed by atoms with Crippen molar-refractivity contribution in [2.24, 2.45) is 0 Å². The van der Waals surface area contributed by atoms with E-state index in [1.54, 1.807) is 6.07 Å². The summed E-state index contributed by atoms with van der Waals surface area (Å²) in [5, 5.41) is 19.3. The van der Waals surface area contributed by atoms with Gasteiger partial charge in [-0.05, 0) is 31.0 Å². The van der Waals surface area contributed by atoms with Gasteiger partial charge in [-0.3, -0.25) is 14.5 Å². The molecular weight excluding hydrogens is 308 g/mol. The van der Waals surface area contributed by atoms with Crippen molar-refractivity contribution in [1.29, 1.82) is 0 Å². The molecule has 0 amide bonds. The quantitative estimate of drug-likeness (QED) is 0.543. The van der Waals surface area contributed by atoms with Crippen molar-refractivity contribution in [3.8, 4) is 0 Å². The monoisotopic (exact) mass is 324 g/mol. The summed E-state index contributed by atoms with van der Waals surface area (Å²) in [6.45, 7) is 1.67. The Bertz CT molecular complexity index is 876. The number of anilines is 1. The molecule has 0 radical (unpaired) electrons. The third-order valence-corrected chi connectivity index (χ3v) is 4.39. The Morgan fingerprint density at radius 2 is 2.12 bits per heavy atom. The summed E-state index contributed by atoms with van der Waals surface area (Å²) in [7, 11) is 0. The summed E-state index contributed by atoms with van der Waals surface area (Å²) in [5.74, 6) is 1.98. The Morgan fingerprint density at radius 1 is 1.21 bits per heavy atom.